The Balaban J connectivity index is 2.00. The number of aliphatic hydroxyl groups is 3. The highest BCUT2D eigenvalue weighted by molar-refractivity contribution is 6.55. The second kappa shape index (κ2) is 25.2. The molecule has 0 saturated carbocycles. The number of aliphatic carboxylic acids is 1. The number of hydrogen-bond donors (Lipinski definition) is 6. The molecule has 0 bridgehead atoms. The minimum absolute atomic E-state index is 0.0724. The average molecular weight is 781 g/mol. The summed E-state index contributed by atoms with van der Waals surface area (Å²) in [6.45, 7) is 4.47. The minimum Gasteiger partial charge on any atom is -0.479 e. The number of aliphatic hydroxyl groups excluding tert-OH is 3. The van der Waals surface area contributed by atoms with Crippen LogP contribution in [0, 0.1) is 0 Å². The first kappa shape index (κ1) is 47.2. The number of amides is 2. The average Bonchev–Trinajstić information content (AvgIpc) is 3.14. The van der Waals surface area contributed by atoms with Crippen molar-refractivity contribution in [1.29, 1.82) is 0 Å². The molecule has 1 saturated heterocycles. The van der Waals surface area contributed by atoms with Gasteiger partial charge in [0.05, 0.1) is 30.9 Å². The summed E-state index contributed by atoms with van der Waals surface area (Å²) in [7, 11) is 6.58. The first-order valence-electron chi connectivity index (χ1n) is 18.1. The summed E-state index contributed by atoms with van der Waals surface area (Å²) < 4.78 is 31.2. The lowest BCUT2D eigenvalue weighted by molar-refractivity contribution is -0.271. The van der Waals surface area contributed by atoms with Crippen molar-refractivity contribution in [2.45, 2.75) is 115 Å². The van der Waals surface area contributed by atoms with E-state index < -0.39 is 66.4 Å². The summed E-state index contributed by atoms with van der Waals surface area (Å²) >= 11 is 0. The molecule has 1 fully saturated rings. The van der Waals surface area contributed by atoms with Gasteiger partial charge >= 0.3 is 5.97 Å². The predicted octanol–water partition coefficient (Wildman–Crippen LogP) is 0.324. The van der Waals surface area contributed by atoms with Gasteiger partial charge in [0.2, 0.25) is 25.9 Å². The van der Waals surface area contributed by atoms with Crippen LogP contribution in [0.1, 0.15) is 81.1 Å². The van der Waals surface area contributed by atoms with E-state index >= 15 is 0 Å². The van der Waals surface area contributed by atoms with Gasteiger partial charge in [-0.3, -0.25) is 24.0 Å². The van der Waals surface area contributed by atoms with Crippen molar-refractivity contribution >= 4 is 43.1 Å². The number of carbonyl (C=O) groups is 6. The largest absolute Gasteiger partial charge is 0.479 e. The van der Waals surface area contributed by atoms with E-state index in [4.69, 9.17) is 36.3 Å². The third kappa shape index (κ3) is 16.7. The summed E-state index contributed by atoms with van der Waals surface area (Å²) in [6, 6.07) is 2.12. The number of carboxylic acids is 1. The van der Waals surface area contributed by atoms with E-state index in [9.17, 15) is 49.2 Å². The number of ketones is 2. The zero-order chi connectivity index (χ0) is 40.9. The number of methoxy groups -OCH3 is 1. The number of nitrogens with one attached hydrogen (secondary N) is 2. The normalized spacial score (nSPS) is 20.5. The van der Waals surface area contributed by atoms with Crippen molar-refractivity contribution in [2.75, 3.05) is 40.1 Å². The van der Waals surface area contributed by atoms with Gasteiger partial charge in [-0.15, -0.1) is 0 Å². The molecule has 1 aromatic carbocycles. The molecule has 0 aromatic heterocycles. The van der Waals surface area contributed by atoms with Crippen LogP contribution in [0.25, 0.3) is 0 Å². The molecule has 0 spiro atoms. The van der Waals surface area contributed by atoms with E-state index in [1.807, 2.05) is 6.92 Å². The number of rotatable bonds is 27. The summed E-state index contributed by atoms with van der Waals surface area (Å²) in [5.41, 5.74) is 0.0439. The minimum atomic E-state index is -1.97. The van der Waals surface area contributed by atoms with Gasteiger partial charge in [-0.05, 0) is 50.3 Å². The van der Waals surface area contributed by atoms with Gasteiger partial charge in [0, 0.05) is 33.2 Å². The van der Waals surface area contributed by atoms with Gasteiger partial charge in [-0.25, -0.2) is 4.79 Å². The summed E-state index contributed by atoms with van der Waals surface area (Å²) in [6.07, 6.45) is -6.19. The van der Waals surface area contributed by atoms with Crippen molar-refractivity contribution < 1.29 is 77.6 Å². The summed E-state index contributed by atoms with van der Waals surface area (Å²) in [5, 5.41) is 45.3. The Bertz CT molecular complexity index is 1410. The van der Waals surface area contributed by atoms with Crippen molar-refractivity contribution in [3.8, 4) is 5.75 Å². The zero-order valence-corrected chi connectivity index (χ0v) is 31.4. The van der Waals surface area contributed by atoms with Gasteiger partial charge in [-0.2, -0.15) is 0 Å². The van der Waals surface area contributed by atoms with Gasteiger partial charge < -0.3 is 59.5 Å². The third-order valence-corrected chi connectivity index (χ3v) is 8.42. The lowest BCUT2D eigenvalue weighted by Crippen LogP contribution is -2.61. The van der Waals surface area contributed by atoms with Gasteiger partial charge in [-0.1, -0.05) is 25.8 Å². The molecule has 2 rings (SSSR count). The molecule has 1 aromatic rings. The van der Waals surface area contributed by atoms with E-state index in [0.29, 0.717) is 51.9 Å². The Kier molecular flexibility index (Phi) is 21.6. The molecule has 7 atom stereocenters. The van der Waals surface area contributed by atoms with Crippen LogP contribution < -0.4 is 15.4 Å². The molecule has 0 unspecified atom stereocenters. The second-order valence-corrected chi connectivity index (χ2v) is 12.9. The second-order valence-electron chi connectivity index (χ2n) is 12.9. The van der Waals surface area contributed by atoms with Crippen LogP contribution in [0.3, 0.4) is 0 Å². The zero-order valence-electron chi connectivity index (χ0n) is 31.4. The van der Waals surface area contributed by atoms with Crippen LogP contribution in [0.15, 0.2) is 18.2 Å². The van der Waals surface area contributed by atoms with Crippen LogP contribution in [0.2, 0.25) is 0 Å². The lowest BCUT2D eigenvalue weighted by atomic mass is 9.99. The monoisotopic (exact) mass is 780 g/mol. The number of benzene rings is 1. The summed E-state index contributed by atoms with van der Waals surface area (Å²) in [5.74, 6) is -4.71. The first-order chi connectivity index (χ1) is 26.2. The van der Waals surface area contributed by atoms with Crippen LogP contribution >= 0.6 is 0 Å². The molecule has 18 nitrogen and oxygen atoms in total. The molecule has 6 N–H and O–H groups in total. The molecule has 2 amide bonds. The lowest BCUT2D eigenvalue weighted by Gasteiger charge is -2.38. The maximum absolute atomic E-state index is 13.5. The fourth-order valence-corrected chi connectivity index (χ4v) is 5.42. The van der Waals surface area contributed by atoms with Crippen molar-refractivity contribution in [3.05, 3.63) is 29.3 Å². The van der Waals surface area contributed by atoms with Crippen LogP contribution in [0.5, 0.6) is 5.75 Å². The highest BCUT2D eigenvalue weighted by Crippen LogP contribution is 2.28. The van der Waals surface area contributed by atoms with Gasteiger partial charge in [0.1, 0.15) is 37.3 Å². The Hall–Kier alpha value is -3.98. The number of carbonyl (C=O) groups excluding carboxylic acids is 5. The van der Waals surface area contributed by atoms with Crippen LogP contribution in [-0.4, -0.2) is 146 Å². The summed E-state index contributed by atoms with van der Waals surface area (Å²) in [4.78, 5) is 74.5. The number of hydrogen-bond acceptors (Lipinski definition) is 15. The van der Waals surface area contributed by atoms with Crippen molar-refractivity contribution in [2.24, 2.45) is 0 Å². The Morgan fingerprint density at radius 2 is 1.58 bits per heavy atom. The maximum Gasteiger partial charge on any atom is 0.335 e. The van der Waals surface area contributed by atoms with E-state index in [1.54, 1.807) is 0 Å². The number of carboxylic acid groups (broad SMARTS) is 1. The maximum atomic E-state index is 13.5. The van der Waals surface area contributed by atoms with Crippen LogP contribution in [0.4, 0.5) is 4.79 Å². The SMILES string of the molecule is [B]C(=O)OCc1ccc(O[C@@H]2O[C@H](C(=O)O)[C@@H](O)[C@H](O)[C@H]2O)c(C(=O)N[C@@H](C)C(=O)CCCCC[C@H](NC(=O)COCCOCCC)C(=O)CCCOC)c1. The van der Waals surface area contributed by atoms with Crippen molar-refractivity contribution in [3.63, 3.8) is 0 Å². The molecule has 55 heavy (non-hydrogen) atoms. The Morgan fingerprint density at radius 1 is 0.873 bits per heavy atom. The number of Topliss-reactive ketones (excluding diaryl/α,β-unsaturated/α-hetero) is 2. The topological polar surface area (TPSA) is 263 Å². The number of ether oxygens (including phenoxy) is 6. The fraction of sp³-hybridized carbons (Fsp3) is 0.667. The van der Waals surface area contributed by atoms with E-state index in [1.165, 1.54) is 32.2 Å². The Morgan fingerprint density at radius 3 is 2.25 bits per heavy atom. The highest BCUT2D eigenvalue weighted by Gasteiger charge is 2.48. The molecule has 0 aliphatic carbocycles. The number of unbranched alkanes of at least 4 members (excludes halogenated alkanes) is 2. The molecule has 1 aliphatic rings. The van der Waals surface area contributed by atoms with Gasteiger partial charge in [0.25, 0.3) is 5.91 Å². The third-order valence-electron chi connectivity index (χ3n) is 8.42. The molecule has 306 valence electrons. The smallest absolute Gasteiger partial charge is 0.335 e. The van der Waals surface area contributed by atoms with Crippen LogP contribution in [-0.2, 0) is 49.5 Å². The molecular formula is C36H53BN2O16. The standard InChI is InChI=1S/C36H53BN2O16/c1-4-14-51-16-17-52-20-28(42)39-24(26(41)11-8-15-50-3)9-6-5-7-10-25(40)21(2)38-33(46)23-18-22(19-53-36(37)49)12-13-27(23)54-35-31(45)29(43)30(44)32(55-35)34(47)48/h12-13,18,21,24,29-32,35,43-45H,4-11,14-17,19-20H2,1-3H3,(H,38,46)(H,39,42)(H,47,48)/t21-,24-,29-,30-,31+,32-,35+/m0/s1. The fourth-order valence-electron chi connectivity index (χ4n) is 5.42. The molecule has 2 radical (unpaired) electrons. The van der Waals surface area contributed by atoms with Crippen molar-refractivity contribution in [1.82, 2.24) is 10.6 Å². The Labute approximate surface area is 320 Å². The van der Waals surface area contributed by atoms with Gasteiger partial charge in [0.15, 0.2) is 17.7 Å². The molecular weight excluding hydrogens is 727 g/mol. The van der Waals surface area contributed by atoms with E-state index in [2.05, 4.69) is 10.6 Å². The first-order valence-corrected chi connectivity index (χ1v) is 18.1. The molecule has 1 aliphatic heterocycles. The van der Waals surface area contributed by atoms with E-state index in [-0.39, 0.29) is 61.1 Å². The molecule has 1 heterocycles. The predicted molar refractivity (Wildman–Crippen MR) is 192 cm³/mol. The molecule has 19 heteroatoms. The quantitative estimate of drug-likeness (QED) is 0.0519. The van der Waals surface area contributed by atoms with E-state index in [0.717, 1.165) is 6.42 Å². The highest BCUT2D eigenvalue weighted by atomic mass is 16.7.